The molecule has 1 aliphatic heterocycles. The van der Waals surface area contributed by atoms with E-state index in [4.69, 9.17) is 11.6 Å². The number of ketones is 1. The molecule has 0 atom stereocenters. The van der Waals surface area contributed by atoms with Crippen LogP contribution in [0, 0.1) is 0 Å². The van der Waals surface area contributed by atoms with Crippen molar-refractivity contribution in [3.8, 4) is 0 Å². The van der Waals surface area contributed by atoms with E-state index >= 15 is 0 Å². The molecular weight excluding hydrogens is 290 g/mol. The smallest absolute Gasteiger partial charge is 0.250 e. The van der Waals surface area contributed by atoms with Crippen molar-refractivity contribution >= 4 is 29.3 Å². The van der Waals surface area contributed by atoms with Gasteiger partial charge in [-0.2, -0.15) is 0 Å². The summed E-state index contributed by atoms with van der Waals surface area (Å²) >= 11 is 0. The molecule has 118 valence electrons. The molecule has 0 unspecified atom stereocenters. The van der Waals surface area contributed by atoms with Crippen LogP contribution < -0.4 is 17.0 Å². The van der Waals surface area contributed by atoms with Crippen molar-refractivity contribution < 1.29 is 19.2 Å². The summed E-state index contributed by atoms with van der Waals surface area (Å²) in [6.45, 7) is 1.30. The van der Waals surface area contributed by atoms with E-state index in [9.17, 15) is 19.2 Å². The number of nitrogens with one attached hydrogen (secondary N) is 1. The summed E-state index contributed by atoms with van der Waals surface area (Å²) < 4.78 is 0. The van der Waals surface area contributed by atoms with Crippen molar-refractivity contribution in [2.24, 2.45) is 11.6 Å². The molecule has 1 aliphatic rings. The Morgan fingerprint density at radius 2 is 1.86 bits per heavy atom. The number of rotatable bonds is 4. The molecule has 0 saturated carbocycles. The summed E-state index contributed by atoms with van der Waals surface area (Å²) in [4.78, 5) is 47.6. The zero-order valence-corrected chi connectivity index (χ0v) is 12.0. The van der Waals surface area contributed by atoms with Crippen LogP contribution in [0.1, 0.15) is 30.1 Å². The summed E-state index contributed by atoms with van der Waals surface area (Å²) in [6.07, 6.45) is 1.87. The summed E-state index contributed by atoms with van der Waals surface area (Å²) in [5.41, 5.74) is 7.67. The third-order valence-electron chi connectivity index (χ3n) is 2.73. The molecule has 0 aromatic carbocycles. The van der Waals surface area contributed by atoms with E-state index < -0.39 is 5.91 Å². The van der Waals surface area contributed by atoms with E-state index in [0.29, 0.717) is 11.4 Å². The first-order valence-electron chi connectivity index (χ1n) is 6.40. The lowest BCUT2D eigenvalue weighted by Crippen LogP contribution is -2.33. The van der Waals surface area contributed by atoms with Gasteiger partial charge in [0.2, 0.25) is 17.7 Å². The van der Waals surface area contributed by atoms with E-state index in [1.54, 1.807) is 12.1 Å². The number of likely N-dealkylation sites (tertiary alicyclic amines) is 1. The van der Waals surface area contributed by atoms with Crippen LogP contribution in [0.25, 0.3) is 0 Å². The first kappa shape index (κ1) is 17.2. The largest absolute Gasteiger partial charge is 0.366 e. The summed E-state index contributed by atoms with van der Waals surface area (Å²) in [6, 6.07) is 3.12. The zero-order chi connectivity index (χ0) is 16.7. The number of carbonyl (C=O) groups excluding carboxylic acids is 4. The van der Waals surface area contributed by atoms with Gasteiger partial charge in [-0.05, 0) is 19.1 Å². The number of nitrogens with two attached hydrogens (primary N) is 2. The van der Waals surface area contributed by atoms with Gasteiger partial charge in [-0.3, -0.25) is 24.1 Å². The number of imide groups is 1. The lowest BCUT2D eigenvalue weighted by atomic mass is 10.3. The molecule has 1 fully saturated rings. The van der Waals surface area contributed by atoms with Gasteiger partial charge >= 0.3 is 0 Å². The lowest BCUT2D eigenvalue weighted by Gasteiger charge is -2.09. The number of primary amides is 1. The number of hydrogen-bond donors (Lipinski definition) is 3. The summed E-state index contributed by atoms with van der Waals surface area (Å²) in [5.74, 6) is 4.42. The molecule has 1 aromatic rings. The van der Waals surface area contributed by atoms with Crippen LogP contribution >= 0.6 is 0 Å². The Kier molecular flexibility index (Phi) is 6.14. The highest BCUT2D eigenvalue weighted by atomic mass is 16.2. The fraction of sp³-hybridized carbons (Fsp3) is 0.308. The van der Waals surface area contributed by atoms with Crippen LogP contribution in [-0.4, -0.2) is 39.9 Å². The van der Waals surface area contributed by atoms with E-state index in [-0.39, 0.29) is 37.0 Å². The van der Waals surface area contributed by atoms with Crippen LogP contribution in [-0.2, 0) is 14.4 Å². The van der Waals surface area contributed by atoms with Crippen LogP contribution in [0.3, 0.4) is 0 Å². The second-order valence-electron chi connectivity index (χ2n) is 4.52. The molecule has 0 spiro atoms. The van der Waals surface area contributed by atoms with Gasteiger partial charge in [-0.25, -0.2) is 10.8 Å². The van der Waals surface area contributed by atoms with Crippen LogP contribution in [0.15, 0.2) is 18.3 Å². The normalized spacial score (nSPS) is 13.5. The predicted molar refractivity (Wildman–Crippen MR) is 77.2 cm³/mol. The van der Waals surface area contributed by atoms with Gasteiger partial charge in [-0.15, -0.1) is 0 Å². The lowest BCUT2D eigenvalue weighted by molar-refractivity contribution is -0.141. The number of pyridine rings is 1. The minimum absolute atomic E-state index is 0.0579. The average Bonchev–Trinajstić information content (AvgIpc) is 2.79. The zero-order valence-electron chi connectivity index (χ0n) is 12.0. The Morgan fingerprint density at radius 3 is 2.23 bits per heavy atom. The van der Waals surface area contributed by atoms with Crippen molar-refractivity contribution in [3.05, 3.63) is 23.9 Å². The highest BCUT2D eigenvalue weighted by Crippen LogP contribution is 2.10. The first-order chi connectivity index (χ1) is 10.3. The molecule has 3 amide bonds. The van der Waals surface area contributed by atoms with E-state index in [1.165, 1.54) is 13.1 Å². The van der Waals surface area contributed by atoms with Crippen molar-refractivity contribution in [2.45, 2.75) is 19.8 Å². The van der Waals surface area contributed by atoms with Gasteiger partial charge in [0.25, 0.3) is 0 Å². The molecule has 2 heterocycles. The standard InChI is InChI=1S/C7H9NO3.C6H8N4O/c1-5(9)4-8-6(10)2-3-7(8)11;7-6(11)4-1-2-5(10-8)9-3-4/h2-4H2,1H3;1-3H,8H2,(H2,7,11)(H,9,10). The number of Topliss-reactive ketones (excluding diaryl/α,β-unsaturated/α-hetero) is 1. The van der Waals surface area contributed by atoms with Gasteiger partial charge in [-0.1, -0.05) is 0 Å². The summed E-state index contributed by atoms with van der Waals surface area (Å²) in [7, 11) is 0. The Labute approximate surface area is 126 Å². The molecule has 0 radical (unpaired) electrons. The number of anilines is 1. The Hall–Kier alpha value is -2.81. The number of nitrogen functional groups attached to an aromatic ring is 1. The SMILES string of the molecule is CC(=O)CN1C(=O)CCC1=O.NNc1ccc(C(N)=O)cn1. The van der Waals surface area contributed by atoms with Gasteiger partial charge < -0.3 is 11.2 Å². The van der Waals surface area contributed by atoms with Crippen LogP contribution in [0.4, 0.5) is 5.82 Å². The highest BCUT2D eigenvalue weighted by molar-refractivity contribution is 6.04. The molecule has 0 aliphatic carbocycles. The van der Waals surface area contributed by atoms with Crippen molar-refractivity contribution in [1.82, 2.24) is 9.88 Å². The number of amides is 3. The quantitative estimate of drug-likeness (QED) is 0.374. The van der Waals surface area contributed by atoms with Crippen molar-refractivity contribution in [2.75, 3.05) is 12.0 Å². The molecule has 1 aromatic heterocycles. The molecule has 5 N–H and O–H groups in total. The molecule has 22 heavy (non-hydrogen) atoms. The van der Waals surface area contributed by atoms with Gasteiger partial charge in [0.1, 0.15) is 11.6 Å². The molecule has 9 nitrogen and oxygen atoms in total. The number of hydrogen-bond acceptors (Lipinski definition) is 7. The third kappa shape index (κ3) is 4.94. The Balaban J connectivity index is 0.000000220. The summed E-state index contributed by atoms with van der Waals surface area (Å²) in [5, 5.41) is 0. The van der Waals surface area contributed by atoms with Crippen LogP contribution in [0.2, 0.25) is 0 Å². The molecule has 0 bridgehead atoms. The van der Waals surface area contributed by atoms with Gasteiger partial charge in [0.05, 0.1) is 12.1 Å². The van der Waals surface area contributed by atoms with E-state index in [2.05, 4.69) is 10.4 Å². The van der Waals surface area contributed by atoms with Crippen LogP contribution in [0.5, 0.6) is 0 Å². The van der Waals surface area contributed by atoms with E-state index in [0.717, 1.165) is 4.90 Å². The molecule has 9 heteroatoms. The van der Waals surface area contributed by atoms with E-state index in [1.807, 2.05) is 0 Å². The maximum absolute atomic E-state index is 10.9. The number of nitrogens with zero attached hydrogens (tertiary/aromatic N) is 2. The average molecular weight is 307 g/mol. The second kappa shape index (κ2) is 7.84. The minimum Gasteiger partial charge on any atom is -0.366 e. The Bertz CT molecular complexity index is 569. The fourth-order valence-electron chi connectivity index (χ4n) is 1.65. The fourth-order valence-corrected chi connectivity index (χ4v) is 1.65. The number of hydrazine groups is 1. The first-order valence-corrected chi connectivity index (χ1v) is 6.40. The highest BCUT2D eigenvalue weighted by Gasteiger charge is 2.29. The predicted octanol–water partition coefficient (Wildman–Crippen LogP) is -0.809. The maximum Gasteiger partial charge on any atom is 0.250 e. The number of aromatic nitrogens is 1. The molecular formula is C13H17N5O4. The van der Waals surface area contributed by atoms with Gasteiger partial charge in [0.15, 0.2) is 0 Å². The number of carbonyl (C=O) groups is 4. The Morgan fingerprint density at radius 1 is 1.27 bits per heavy atom. The molecule has 2 rings (SSSR count). The topological polar surface area (TPSA) is 148 Å². The monoisotopic (exact) mass is 307 g/mol. The minimum atomic E-state index is -0.499. The second-order valence-corrected chi connectivity index (χ2v) is 4.52. The maximum atomic E-state index is 10.9. The van der Waals surface area contributed by atoms with Crippen molar-refractivity contribution in [1.29, 1.82) is 0 Å². The van der Waals surface area contributed by atoms with Crippen molar-refractivity contribution in [3.63, 3.8) is 0 Å². The van der Waals surface area contributed by atoms with Gasteiger partial charge in [0, 0.05) is 19.0 Å². The third-order valence-corrected chi connectivity index (χ3v) is 2.73. The molecule has 1 saturated heterocycles.